The topological polar surface area (TPSA) is 26.3 Å². The van der Waals surface area contributed by atoms with E-state index in [2.05, 4.69) is 4.74 Å². The summed E-state index contributed by atoms with van der Waals surface area (Å²) < 4.78 is 4.55. The minimum Gasteiger partial charge on any atom is -0.446 e. The lowest BCUT2D eigenvalue weighted by atomic mass is 10.2. The summed E-state index contributed by atoms with van der Waals surface area (Å²) in [5.41, 5.74) is 0.145. The summed E-state index contributed by atoms with van der Waals surface area (Å²) in [4.78, 5) is 11.2. The van der Waals surface area contributed by atoms with Crippen molar-refractivity contribution in [1.82, 2.24) is 0 Å². The smallest absolute Gasteiger partial charge is 0.342 e. The van der Waals surface area contributed by atoms with E-state index in [1.54, 1.807) is 18.2 Å². The van der Waals surface area contributed by atoms with Crippen LogP contribution in [0.4, 0.5) is 0 Å². The van der Waals surface area contributed by atoms with E-state index >= 15 is 0 Å². The zero-order chi connectivity index (χ0) is 9.84. The van der Waals surface area contributed by atoms with Gasteiger partial charge in [0.15, 0.2) is 6.07 Å². The molecule has 0 heterocycles. The lowest BCUT2D eigenvalue weighted by Gasteiger charge is -2.04. The second-order valence-electron chi connectivity index (χ2n) is 2.14. The van der Waals surface area contributed by atoms with Gasteiger partial charge < -0.3 is 4.74 Å². The van der Waals surface area contributed by atoms with Gasteiger partial charge in [0.25, 0.3) is 0 Å². The molecule has 0 spiro atoms. The maximum absolute atomic E-state index is 11.2. The molecule has 0 atom stereocenters. The predicted molar refractivity (Wildman–Crippen MR) is 52.6 cm³/mol. The van der Waals surface area contributed by atoms with Crippen LogP contribution in [0.1, 0.15) is 10.4 Å². The van der Waals surface area contributed by atoms with Crippen LogP contribution in [0.5, 0.6) is 0 Å². The molecule has 0 radical (unpaired) electrons. The lowest BCUT2D eigenvalue weighted by molar-refractivity contribution is 0.0574. The van der Waals surface area contributed by atoms with E-state index in [1.165, 1.54) is 0 Å². The van der Waals surface area contributed by atoms with E-state index in [0.29, 0.717) is 0 Å². The van der Waals surface area contributed by atoms with Crippen LogP contribution in [-0.4, -0.2) is 12.0 Å². The van der Waals surface area contributed by atoms with Crippen LogP contribution in [0.15, 0.2) is 18.2 Å². The van der Waals surface area contributed by atoms with Crippen molar-refractivity contribution < 1.29 is 9.53 Å². The summed E-state index contributed by atoms with van der Waals surface area (Å²) in [6.07, 6.45) is 0. The first-order valence-corrected chi connectivity index (χ1v) is 4.63. The first-order valence-electron chi connectivity index (χ1n) is 3.34. The summed E-state index contributed by atoms with van der Waals surface area (Å²) in [6.45, 7) is 0. The Hall–Kier alpha value is -0.440. The number of hydrogen-bond acceptors (Lipinski definition) is 2. The summed E-state index contributed by atoms with van der Waals surface area (Å²) >= 11 is 16.7. The molecule has 0 aliphatic heterocycles. The lowest BCUT2D eigenvalue weighted by Crippen LogP contribution is -2.05. The molecule has 0 aliphatic carbocycles. The SMILES string of the molecule is O=C(OCCl)c1c(Cl)cccc1Cl. The molecule has 70 valence electrons. The van der Waals surface area contributed by atoms with Crippen molar-refractivity contribution in [2.45, 2.75) is 0 Å². The third kappa shape index (κ3) is 2.50. The van der Waals surface area contributed by atoms with Gasteiger partial charge in [0.1, 0.15) is 0 Å². The van der Waals surface area contributed by atoms with Gasteiger partial charge in [-0.15, -0.1) is 0 Å². The second kappa shape index (κ2) is 4.70. The Labute approximate surface area is 90.3 Å². The fourth-order valence-corrected chi connectivity index (χ4v) is 1.47. The molecule has 0 N–H and O–H groups in total. The van der Waals surface area contributed by atoms with Crippen LogP contribution < -0.4 is 0 Å². The van der Waals surface area contributed by atoms with Crippen LogP contribution in [0, 0.1) is 0 Å². The fourth-order valence-electron chi connectivity index (χ4n) is 0.815. The third-order valence-corrected chi connectivity index (χ3v) is 2.09. The molecule has 13 heavy (non-hydrogen) atoms. The Morgan fingerprint density at radius 2 is 1.85 bits per heavy atom. The van der Waals surface area contributed by atoms with Crippen molar-refractivity contribution in [2.75, 3.05) is 6.07 Å². The Morgan fingerprint density at radius 1 is 1.31 bits per heavy atom. The molecule has 0 amide bonds. The average molecular weight is 239 g/mol. The summed E-state index contributed by atoms with van der Waals surface area (Å²) in [7, 11) is 0. The number of benzene rings is 1. The number of hydrogen-bond donors (Lipinski definition) is 0. The van der Waals surface area contributed by atoms with Crippen molar-refractivity contribution in [1.29, 1.82) is 0 Å². The maximum Gasteiger partial charge on any atom is 0.342 e. The number of esters is 1. The maximum atomic E-state index is 11.2. The average Bonchev–Trinajstić information content (AvgIpc) is 2.04. The van der Waals surface area contributed by atoms with E-state index in [1.807, 2.05) is 0 Å². The fraction of sp³-hybridized carbons (Fsp3) is 0.125. The van der Waals surface area contributed by atoms with Gasteiger partial charge >= 0.3 is 5.97 Å². The van der Waals surface area contributed by atoms with Gasteiger partial charge in [-0.25, -0.2) is 4.79 Å². The van der Waals surface area contributed by atoms with Crippen LogP contribution in [0.3, 0.4) is 0 Å². The molecule has 5 heteroatoms. The molecule has 1 rings (SSSR count). The van der Waals surface area contributed by atoms with Crippen molar-refractivity contribution in [3.05, 3.63) is 33.8 Å². The van der Waals surface area contributed by atoms with E-state index in [9.17, 15) is 4.79 Å². The zero-order valence-electron chi connectivity index (χ0n) is 6.39. The van der Waals surface area contributed by atoms with E-state index in [0.717, 1.165) is 0 Å². The van der Waals surface area contributed by atoms with E-state index < -0.39 is 5.97 Å². The Bertz CT molecular complexity index is 305. The molecule has 0 aromatic heterocycles. The predicted octanol–water partition coefficient (Wildman–Crippen LogP) is 3.35. The van der Waals surface area contributed by atoms with Gasteiger partial charge in [0, 0.05) is 0 Å². The van der Waals surface area contributed by atoms with Crippen LogP contribution in [0.25, 0.3) is 0 Å². The molecule has 1 aromatic rings. The van der Waals surface area contributed by atoms with Gasteiger partial charge in [-0.05, 0) is 12.1 Å². The number of carbonyl (C=O) groups is 1. The monoisotopic (exact) mass is 238 g/mol. The first-order chi connectivity index (χ1) is 6.16. The molecule has 0 fully saturated rings. The molecule has 2 nitrogen and oxygen atoms in total. The molecule has 0 unspecified atom stereocenters. The molecule has 0 bridgehead atoms. The number of ether oxygens (including phenoxy) is 1. The minimum atomic E-state index is -0.620. The second-order valence-corrected chi connectivity index (χ2v) is 3.17. The quantitative estimate of drug-likeness (QED) is 0.584. The molecular weight excluding hydrogens is 234 g/mol. The van der Waals surface area contributed by atoms with Gasteiger partial charge in [0.05, 0.1) is 15.6 Å². The number of halogens is 3. The number of carbonyl (C=O) groups excluding carboxylic acids is 1. The third-order valence-electron chi connectivity index (χ3n) is 1.35. The molecule has 0 saturated carbocycles. The van der Waals surface area contributed by atoms with Crippen molar-refractivity contribution in [3.8, 4) is 0 Å². The van der Waals surface area contributed by atoms with Gasteiger partial charge in [-0.1, -0.05) is 40.9 Å². The minimum absolute atomic E-state index is 0.145. The summed E-state index contributed by atoms with van der Waals surface area (Å²) in [5, 5.41) is 0.505. The van der Waals surface area contributed by atoms with Gasteiger partial charge in [0.2, 0.25) is 0 Å². The number of alkyl halides is 1. The summed E-state index contributed by atoms with van der Waals surface area (Å²) in [6, 6.07) is 4.53. The highest BCUT2D eigenvalue weighted by atomic mass is 35.5. The highest BCUT2D eigenvalue weighted by molar-refractivity contribution is 6.39. The van der Waals surface area contributed by atoms with E-state index in [-0.39, 0.29) is 21.7 Å². The molecule has 0 saturated heterocycles. The highest BCUT2D eigenvalue weighted by Crippen LogP contribution is 2.24. The Morgan fingerprint density at radius 3 is 2.31 bits per heavy atom. The molecule has 0 aliphatic rings. The largest absolute Gasteiger partial charge is 0.446 e. The first kappa shape index (κ1) is 10.6. The highest BCUT2D eigenvalue weighted by Gasteiger charge is 2.14. The standard InChI is InChI=1S/C8H5Cl3O2/c9-4-13-8(12)7-5(10)2-1-3-6(7)11/h1-3H,4H2. The van der Waals surface area contributed by atoms with Crippen LogP contribution >= 0.6 is 34.8 Å². The van der Waals surface area contributed by atoms with Crippen LogP contribution in [-0.2, 0) is 4.74 Å². The van der Waals surface area contributed by atoms with Crippen LogP contribution in [0.2, 0.25) is 10.0 Å². The number of rotatable bonds is 2. The van der Waals surface area contributed by atoms with Gasteiger partial charge in [-0.3, -0.25) is 0 Å². The zero-order valence-corrected chi connectivity index (χ0v) is 8.66. The normalized spacial score (nSPS) is 9.77. The Kier molecular flexibility index (Phi) is 3.85. The van der Waals surface area contributed by atoms with E-state index in [4.69, 9.17) is 34.8 Å². The Balaban J connectivity index is 3.05. The van der Waals surface area contributed by atoms with Crippen molar-refractivity contribution >= 4 is 40.8 Å². The molecule has 1 aromatic carbocycles. The van der Waals surface area contributed by atoms with Gasteiger partial charge in [-0.2, -0.15) is 0 Å². The summed E-state index contributed by atoms with van der Waals surface area (Å²) in [5.74, 6) is -0.620. The van der Waals surface area contributed by atoms with Crippen molar-refractivity contribution in [3.63, 3.8) is 0 Å². The van der Waals surface area contributed by atoms with Crippen molar-refractivity contribution in [2.24, 2.45) is 0 Å². The molecular formula is C8H5Cl3O2.